The van der Waals surface area contributed by atoms with Gasteiger partial charge in [-0.05, 0) is 18.9 Å². The van der Waals surface area contributed by atoms with E-state index >= 15 is 0 Å². The second kappa shape index (κ2) is 4.62. The lowest BCUT2D eigenvalue weighted by Gasteiger charge is -2.36. The van der Waals surface area contributed by atoms with Crippen LogP contribution in [0.25, 0.3) is 0 Å². The van der Waals surface area contributed by atoms with Crippen molar-refractivity contribution in [2.45, 2.75) is 24.9 Å². The van der Waals surface area contributed by atoms with E-state index in [0.717, 1.165) is 0 Å². The molecule has 20 heavy (non-hydrogen) atoms. The molecule has 0 bridgehead atoms. The largest absolute Gasteiger partial charge is 0.341 e. The Morgan fingerprint density at radius 1 is 1.35 bits per heavy atom. The number of nitrogens with one attached hydrogen (secondary N) is 2. The Labute approximate surface area is 115 Å². The number of imide groups is 1. The number of likely N-dealkylation sites (tertiary alicyclic amines) is 1. The second-order valence-electron chi connectivity index (χ2n) is 5.07. The molecular weight excluding hydrogens is 262 g/mol. The smallest absolute Gasteiger partial charge is 0.322 e. The molecule has 3 heterocycles. The van der Waals surface area contributed by atoms with E-state index in [1.54, 1.807) is 28.0 Å². The topological polar surface area (TPSA) is 96.3 Å². The molecule has 0 unspecified atom stereocenters. The van der Waals surface area contributed by atoms with Crippen LogP contribution in [0.5, 0.6) is 0 Å². The quantitative estimate of drug-likeness (QED) is 0.684. The van der Waals surface area contributed by atoms with Gasteiger partial charge in [0.2, 0.25) is 5.91 Å². The molecule has 3 rings (SSSR count). The number of piperidine rings is 1. The standard InChI is InChI=1S/C12H15N5O3/c18-9(8-17-5-1-4-13-17)16-6-2-12(3-7-16)10(19)14-11(20)15-12/h1,4-5H,2-3,6-8H2,(H2,14,15,19,20). The molecule has 1 spiro atoms. The summed E-state index contributed by atoms with van der Waals surface area (Å²) in [6.07, 6.45) is 4.23. The van der Waals surface area contributed by atoms with Crippen LogP contribution in [-0.2, 0) is 16.1 Å². The van der Waals surface area contributed by atoms with Crippen molar-refractivity contribution in [2.75, 3.05) is 13.1 Å². The second-order valence-corrected chi connectivity index (χ2v) is 5.07. The highest BCUT2D eigenvalue weighted by molar-refractivity contribution is 6.07. The molecule has 0 aliphatic carbocycles. The van der Waals surface area contributed by atoms with Crippen LogP contribution in [0.1, 0.15) is 12.8 Å². The van der Waals surface area contributed by atoms with Gasteiger partial charge in [-0.1, -0.05) is 0 Å². The summed E-state index contributed by atoms with van der Waals surface area (Å²) in [5.41, 5.74) is -0.834. The number of hydrogen-bond acceptors (Lipinski definition) is 4. The number of carbonyl (C=O) groups is 3. The summed E-state index contributed by atoms with van der Waals surface area (Å²) in [6.45, 7) is 1.10. The van der Waals surface area contributed by atoms with Crippen molar-refractivity contribution in [3.05, 3.63) is 18.5 Å². The first kappa shape index (κ1) is 12.6. The SMILES string of the molecule is O=C1NC(=O)C2(CCN(C(=O)Cn3cccn3)CC2)N1. The molecule has 2 saturated heterocycles. The number of carbonyl (C=O) groups excluding carboxylic acids is 3. The number of urea groups is 1. The molecule has 1 aromatic heterocycles. The number of nitrogens with zero attached hydrogens (tertiary/aromatic N) is 3. The minimum Gasteiger partial charge on any atom is -0.341 e. The van der Waals surface area contributed by atoms with Gasteiger partial charge in [-0.15, -0.1) is 0 Å². The minimum absolute atomic E-state index is 0.0340. The molecular formula is C12H15N5O3. The zero-order valence-electron chi connectivity index (χ0n) is 10.8. The van der Waals surface area contributed by atoms with Gasteiger partial charge in [-0.2, -0.15) is 5.10 Å². The van der Waals surface area contributed by atoms with Gasteiger partial charge in [0.1, 0.15) is 12.1 Å². The Morgan fingerprint density at radius 3 is 2.65 bits per heavy atom. The van der Waals surface area contributed by atoms with E-state index in [1.807, 2.05) is 0 Å². The normalized spacial score (nSPS) is 20.9. The molecule has 4 amide bonds. The summed E-state index contributed by atoms with van der Waals surface area (Å²) in [4.78, 5) is 36.8. The lowest BCUT2D eigenvalue weighted by Crippen LogP contribution is -2.56. The van der Waals surface area contributed by atoms with E-state index in [1.165, 1.54) is 0 Å². The summed E-state index contributed by atoms with van der Waals surface area (Å²) in [7, 11) is 0. The van der Waals surface area contributed by atoms with E-state index in [-0.39, 0.29) is 18.4 Å². The van der Waals surface area contributed by atoms with Crippen LogP contribution in [0.3, 0.4) is 0 Å². The molecule has 2 N–H and O–H groups in total. The molecule has 0 radical (unpaired) electrons. The van der Waals surface area contributed by atoms with E-state index in [0.29, 0.717) is 25.9 Å². The Morgan fingerprint density at radius 2 is 2.10 bits per heavy atom. The fraction of sp³-hybridized carbons (Fsp3) is 0.500. The zero-order chi connectivity index (χ0) is 14.2. The maximum atomic E-state index is 12.1. The maximum absolute atomic E-state index is 12.1. The van der Waals surface area contributed by atoms with Crippen molar-refractivity contribution < 1.29 is 14.4 Å². The van der Waals surface area contributed by atoms with Gasteiger partial charge >= 0.3 is 6.03 Å². The Balaban J connectivity index is 1.60. The van der Waals surface area contributed by atoms with Crippen LogP contribution in [-0.4, -0.2) is 51.2 Å². The van der Waals surface area contributed by atoms with Gasteiger partial charge in [-0.3, -0.25) is 19.6 Å². The van der Waals surface area contributed by atoms with Crippen molar-refractivity contribution in [3.8, 4) is 0 Å². The van der Waals surface area contributed by atoms with Crippen LogP contribution in [0.2, 0.25) is 0 Å². The monoisotopic (exact) mass is 277 g/mol. The molecule has 8 heteroatoms. The summed E-state index contributed by atoms with van der Waals surface area (Å²) in [5.74, 6) is -0.324. The molecule has 8 nitrogen and oxygen atoms in total. The fourth-order valence-electron chi connectivity index (χ4n) is 2.65. The van der Waals surface area contributed by atoms with Crippen LogP contribution in [0.15, 0.2) is 18.5 Å². The number of hydrogen-bond donors (Lipinski definition) is 2. The lowest BCUT2D eigenvalue weighted by atomic mass is 9.88. The molecule has 2 aliphatic rings. The summed E-state index contributed by atoms with van der Waals surface area (Å²) < 4.78 is 1.57. The third kappa shape index (κ3) is 2.13. The van der Waals surface area contributed by atoms with Crippen LogP contribution < -0.4 is 10.6 Å². The molecule has 2 fully saturated rings. The number of aromatic nitrogens is 2. The van der Waals surface area contributed by atoms with Crippen molar-refractivity contribution in [3.63, 3.8) is 0 Å². The third-order valence-electron chi connectivity index (χ3n) is 3.84. The van der Waals surface area contributed by atoms with E-state index in [4.69, 9.17) is 0 Å². The fourth-order valence-corrected chi connectivity index (χ4v) is 2.65. The Hall–Kier alpha value is -2.38. The molecule has 0 atom stereocenters. The molecule has 2 aliphatic heterocycles. The minimum atomic E-state index is -0.834. The van der Waals surface area contributed by atoms with Crippen LogP contribution in [0, 0.1) is 0 Å². The Bertz CT molecular complexity index is 545. The van der Waals surface area contributed by atoms with Crippen LogP contribution >= 0.6 is 0 Å². The Kier molecular flexibility index (Phi) is 2.92. The van der Waals surface area contributed by atoms with Crippen LogP contribution in [0.4, 0.5) is 4.79 Å². The molecule has 0 saturated carbocycles. The highest BCUT2D eigenvalue weighted by Crippen LogP contribution is 2.25. The lowest BCUT2D eigenvalue weighted by molar-refractivity contribution is -0.136. The highest BCUT2D eigenvalue weighted by atomic mass is 16.2. The molecule has 0 aromatic carbocycles. The van der Waals surface area contributed by atoms with Gasteiger partial charge in [0.25, 0.3) is 5.91 Å². The predicted molar refractivity (Wildman–Crippen MR) is 67.4 cm³/mol. The molecule has 106 valence electrons. The van der Waals surface area contributed by atoms with Gasteiger partial charge in [0, 0.05) is 25.5 Å². The van der Waals surface area contributed by atoms with Crippen molar-refractivity contribution in [2.24, 2.45) is 0 Å². The maximum Gasteiger partial charge on any atom is 0.322 e. The van der Waals surface area contributed by atoms with Crippen molar-refractivity contribution in [1.82, 2.24) is 25.3 Å². The first-order chi connectivity index (χ1) is 9.59. The van der Waals surface area contributed by atoms with E-state index in [9.17, 15) is 14.4 Å². The zero-order valence-corrected chi connectivity index (χ0v) is 10.8. The van der Waals surface area contributed by atoms with Crippen molar-refractivity contribution in [1.29, 1.82) is 0 Å². The van der Waals surface area contributed by atoms with E-state index < -0.39 is 11.6 Å². The van der Waals surface area contributed by atoms with Gasteiger partial charge in [0.15, 0.2) is 0 Å². The van der Waals surface area contributed by atoms with Gasteiger partial charge in [0.05, 0.1) is 0 Å². The third-order valence-corrected chi connectivity index (χ3v) is 3.84. The first-order valence-corrected chi connectivity index (χ1v) is 6.48. The van der Waals surface area contributed by atoms with Crippen molar-refractivity contribution >= 4 is 17.8 Å². The van der Waals surface area contributed by atoms with Gasteiger partial charge < -0.3 is 10.2 Å². The number of rotatable bonds is 2. The van der Waals surface area contributed by atoms with Gasteiger partial charge in [-0.25, -0.2) is 4.79 Å². The molecule has 1 aromatic rings. The van der Waals surface area contributed by atoms with E-state index in [2.05, 4.69) is 15.7 Å². The first-order valence-electron chi connectivity index (χ1n) is 6.48. The average molecular weight is 277 g/mol. The number of amides is 4. The summed E-state index contributed by atoms with van der Waals surface area (Å²) in [6, 6.07) is 1.31. The highest BCUT2D eigenvalue weighted by Gasteiger charge is 2.48. The summed E-state index contributed by atoms with van der Waals surface area (Å²) >= 11 is 0. The predicted octanol–water partition coefficient (Wildman–Crippen LogP) is -0.916. The average Bonchev–Trinajstić information content (AvgIpc) is 3.00. The summed E-state index contributed by atoms with van der Waals surface area (Å²) in [5, 5.41) is 8.91.